The van der Waals surface area contributed by atoms with Crippen LogP contribution in [0.4, 0.5) is 22.2 Å². The van der Waals surface area contributed by atoms with E-state index >= 15 is 0 Å². The van der Waals surface area contributed by atoms with Gasteiger partial charge in [0.05, 0.1) is 6.61 Å². The van der Waals surface area contributed by atoms with Crippen LogP contribution in [0, 0.1) is 6.92 Å². The summed E-state index contributed by atoms with van der Waals surface area (Å²) in [5.41, 5.74) is 1.65. The molecule has 1 aromatic carbocycles. The van der Waals surface area contributed by atoms with Crippen LogP contribution < -0.4 is 25.6 Å². The van der Waals surface area contributed by atoms with Crippen LogP contribution in [-0.4, -0.2) is 48.8 Å². The van der Waals surface area contributed by atoms with Crippen LogP contribution in [0.15, 0.2) is 30.3 Å². The molecule has 29 heavy (non-hydrogen) atoms. The molecular weight excluding hydrogens is 368 g/mol. The van der Waals surface area contributed by atoms with Gasteiger partial charge in [-0.15, -0.1) is 0 Å². The molecule has 0 saturated carbocycles. The van der Waals surface area contributed by atoms with Gasteiger partial charge in [-0.05, 0) is 57.4 Å². The lowest BCUT2D eigenvalue weighted by atomic mass is 10.1. The van der Waals surface area contributed by atoms with Crippen LogP contribution >= 0.6 is 0 Å². The van der Waals surface area contributed by atoms with Gasteiger partial charge in [-0.2, -0.15) is 4.98 Å². The van der Waals surface area contributed by atoms with E-state index in [4.69, 9.17) is 4.74 Å². The SMILES string of the molecule is CCOc1ccc(NC(=O)NCCNc2nc(C)cc(N3CCCCC3)n2)cc1. The molecule has 156 valence electrons. The smallest absolute Gasteiger partial charge is 0.319 e. The summed E-state index contributed by atoms with van der Waals surface area (Å²) < 4.78 is 5.39. The van der Waals surface area contributed by atoms with Gasteiger partial charge < -0.3 is 25.6 Å². The lowest BCUT2D eigenvalue weighted by Crippen LogP contribution is -2.33. The minimum atomic E-state index is -0.255. The predicted octanol–water partition coefficient (Wildman–Crippen LogP) is 3.41. The molecule has 0 radical (unpaired) electrons. The number of carbonyl (C=O) groups excluding carboxylic acids is 1. The maximum atomic E-state index is 12.0. The summed E-state index contributed by atoms with van der Waals surface area (Å²) >= 11 is 0. The van der Waals surface area contributed by atoms with E-state index in [0.29, 0.717) is 31.3 Å². The number of aromatic nitrogens is 2. The van der Waals surface area contributed by atoms with Gasteiger partial charge in [0.15, 0.2) is 0 Å². The zero-order valence-corrected chi connectivity index (χ0v) is 17.2. The molecule has 2 heterocycles. The zero-order valence-electron chi connectivity index (χ0n) is 17.2. The Morgan fingerprint density at radius 2 is 1.86 bits per heavy atom. The van der Waals surface area contributed by atoms with E-state index in [1.807, 2.05) is 44.2 Å². The topological polar surface area (TPSA) is 91.4 Å². The fraction of sp³-hybridized carbons (Fsp3) is 0.476. The van der Waals surface area contributed by atoms with E-state index in [-0.39, 0.29) is 6.03 Å². The fourth-order valence-electron chi connectivity index (χ4n) is 3.24. The Labute approximate surface area is 172 Å². The first kappa shape index (κ1) is 20.7. The third kappa shape index (κ3) is 6.51. The molecule has 3 rings (SSSR count). The van der Waals surface area contributed by atoms with E-state index in [2.05, 4.69) is 30.8 Å². The van der Waals surface area contributed by atoms with Gasteiger partial charge in [-0.3, -0.25) is 0 Å². The molecule has 8 nitrogen and oxygen atoms in total. The molecule has 0 atom stereocenters. The van der Waals surface area contributed by atoms with Crippen molar-refractivity contribution < 1.29 is 9.53 Å². The molecule has 1 aliphatic heterocycles. The van der Waals surface area contributed by atoms with Crippen LogP contribution in [0.2, 0.25) is 0 Å². The molecule has 2 aromatic rings. The molecule has 3 N–H and O–H groups in total. The highest BCUT2D eigenvalue weighted by Gasteiger charge is 2.13. The third-order valence-corrected chi connectivity index (χ3v) is 4.64. The van der Waals surface area contributed by atoms with Crippen molar-refractivity contribution >= 4 is 23.5 Å². The Morgan fingerprint density at radius 1 is 1.10 bits per heavy atom. The van der Waals surface area contributed by atoms with E-state index in [0.717, 1.165) is 30.4 Å². The second-order valence-corrected chi connectivity index (χ2v) is 7.00. The average Bonchev–Trinajstić information content (AvgIpc) is 2.73. The Kier molecular flexibility index (Phi) is 7.49. The number of hydrogen-bond donors (Lipinski definition) is 3. The third-order valence-electron chi connectivity index (χ3n) is 4.64. The van der Waals surface area contributed by atoms with Crippen molar-refractivity contribution in [2.45, 2.75) is 33.1 Å². The zero-order chi connectivity index (χ0) is 20.5. The summed E-state index contributed by atoms with van der Waals surface area (Å²) in [6.45, 7) is 7.61. The maximum Gasteiger partial charge on any atom is 0.319 e. The van der Waals surface area contributed by atoms with Gasteiger partial charge >= 0.3 is 6.03 Å². The largest absolute Gasteiger partial charge is 0.494 e. The molecule has 0 unspecified atom stereocenters. The van der Waals surface area contributed by atoms with Crippen LogP contribution in [0.5, 0.6) is 5.75 Å². The Bertz CT molecular complexity index is 790. The van der Waals surface area contributed by atoms with Gasteiger partial charge in [0.25, 0.3) is 0 Å². The first-order valence-corrected chi connectivity index (χ1v) is 10.3. The first-order valence-electron chi connectivity index (χ1n) is 10.3. The van der Waals surface area contributed by atoms with Gasteiger partial charge in [0.1, 0.15) is 11.6 Å². The van der Waals surface area contributed by atoms with E-state index in [1.54, 1.807) is 0 Å². The fourth-order valence-corrected chi connectivity index (χ4v) is 3.24. The van der Waals surface area contributed by atoms with Gasteiger partial charge in [-0.25, -0.2) is 9.78 Å². The molecule has 8 heteroatoms. The van der Waals surface area contributed by atoms with Crippen LogP contribution in [0.1, 0.15) is 31.9 Å². The van der Waals surface area contributed by atoms with Crippen LogP contribution in [0.3, 0.4) is 0 Å². The van der Waals surface area contributed by atoms with Crippen molar-refractivity contribution in [1.82, 2.24) is 15.3 Å². The number of ether oxygens (including phenoxy) is 1. The maximum absolute atomic E-state index is 12.0. The van der Waals surface area contributed by atoms with Gasteiger partial charge in [0, 0.05) is 43.6 Å². The minimum Gasteiger partial charge on any atom is -0.494 e. The number of aryl methyl sites for hydroxylation is 1. The Morgan fingerprint density at radius 3 is 2.59 bits per heavy atom. The number of piperidine rings is 1. The van der Waals surface area contributed by atoms with E-state index < -0.39 is 0 Å². The van der Waals surface area contributed by atoms with Crippen LogP contribution in [0.25, 0.3) is 0 Å². The summed E-state index contributed by atoms with van der Waals surface area (Å²) in [7, 11) is 0. The summed E-state index contributed by atoms with van der Waals surface area (Å²) in [4.78, 5) is 23.4. The lowest BCUT2D eigenvalue weighted by molar-refractivity contribution is 0.252. The monoisotopic (exact) mass is 398 g/mol. The molecule has 1 aromatic heterocycles. The van der Waals surface area contributed by atoms with Crippen LogP contribution in [-0.2, 0) is 0 Å². The molecule has 1 saturated heterocycles. The number of benzene rings is 1. The number of nitrogens with one attached hydrogen (secondary N) is 3. The Hall–Kier alpha value is -3.03. The summed E-state index contributed by atoms with van der Waals surface area (Å²) in [5, 5.41) is 8.82. The number of urea groups is 1. The second-order valence-electron chi connectivity index (χ2n) is 7.00. The van der Waals surface area contributed by atoms with Crippen molar-refractivity contribution in [1.29, 1.82) is 0 Å². The molecule has 2 amide bonds. The van der Waals surface area contributed by atoms with Crippen molar-refractivity contribution in [3.05, 3.63) is 36.0 Å². The number of carbonyl (C=O) groups is 1. The number of anilines is 3. The number of hydrogen-bond acceptors (Lipinski definition) is 6. The second kappa shape index (κ2) is 10.5. The summed E-state index contributed by atoms with van der Waals surface area (Å²) in [5.74, 6) is 2.35. The quantitative estimate of drug-likeness (QED) is 0.590. The van der Waals surface area contributed by atoms with Gasteiger partial charge in [-0.1, -0.05) is 0 Å². The molecule has 0 spiro atoms. The molecule has 1 aliphatic rings. The van der Waals surface area contributed by atoms with Gasteiger partial charge in [0.2, 0.25) is 5.95 Å². The summed E-state index contributed by atoms with van der Waals surface area (Å²) in [6.07, 6.45) is 3.70. The van der Waals surface area contributed by atoms with E-state index in [9.17, 15) is 4.79 Å². The molecule has 0 aliphatic carbocycles. The van der Waals surface area contributed by atoms with Crippen molar-refractivity contribution in [3.8, 4) is 5.75 Å². The minimum absolute atomic E-state index is 0.255. The molecular formula is C21H30N6O2. The van der Waals surface area contributed by atoms with E-state index in [1.165, 1.54) is 19.3 Å². The first-order chi connectivity index (χ1) is 14.1. The number of rotatable bonds is 8. The predicted molar refractivity (Wildman–Crippen MR) is 116 cm³/mol. The number of nitrogens with zero attached hydrogens (tertiary/aromatic N) is 3. The average molecular weight is 399 g/mol. The highest BCUT2D eigenvalue weighted by molar-refractivity contribution is 5.89. The highest BCUT2D eigenvalue weighted by Crippen LogP contribution is 2.19. The standard InChI is InChI=1S/C21H30N6O2/c1-3-29-18-9-7-17(8-10-18)25-21(28)23-12-11-22-20-24-16(2)15-19(26-20)27-13-5-4-6-14-27/h7-10,15H,3-6,11-14H2,1-2H3,(H,22,24,26)(H2,23,25,28). The van der Waals surface area contributed by atoms with Crippen molar-refractivity contribution in [2.75, 3.05) is 48.3 Å². The molecule has 0 bridgehead atoms. The van der Waals surface area contributed by atoms with Crippen molar-refractivity contribution in [3.63, 3.8) is 0 Å². The highest BCUT2D eigenvalue weighted by atomic mass is 16.5. The lowest BCUT2D eigenvalue weighted by Gasteiger charge is -2.28. The Balaban J connectivity index is 1.42. The van der Waals surface area contributed by atoms with Crippen molar-refractivity contribution in [2.24, 2.45) is 0 Å². The number of amides is 2. The molecule has 1 fully saturated rings. The summed E-state index contributed by atoms with van der Waals surface area (Å²) in [6, 6.07) is 9.05. The normalized spacial score (nSPS) is 13.7.